The molecule has 6 heteroatoms. The van der Waals surface area contributed by atoms with Gasteiger partial charge < -0.3 is 14.4 Å². The number of piperidine rings is 1. The standard InChI is InChI=1S/C16H19NO5/c1-3-22-16(20)14-13(18)10-9-12(15(19)21-2)17(14)11-7-5-4-6-8-11/h4-8,12,14H,3,9-10H2,1-2H3. The molecule has 0 aromatic heterocycles. The van der Waals surface area contributed by atoms with E-state index in [1.165, 1.54) is 12.0 Å². The first-order valence-electron chi connectivity index (χ1n) is 7.20. The van der Waals surface area contributed by atoms with Crippen LogP contribution in [0.4, 0.5) is 5.69 Å². The number of carbonyl (C=O) groups excluding carboxylic acids is 3. The first-order chi connectivity index (χ1) is 10.6. The number of hydrogen-bond acceptors (Lipinski definition) is 6. The fourth-order valence-electron chi connectivity index (χ4n) is 2.65. The Balaban J connectivity index is 2.44. The first kappa shape index (κ1) is 16.0. The maximum Gasteiger partial charge on any atom is 0.336 e. The molecule has 1 aliphatic rings. The number of Topliss-reactive ketones (excluding diaryl/α,β-unsaturated/α-hetero) is 1. The van der Waals surface area contributed by atoms with E-state index < -0.39 is 24.0 Å². The lowest BCUT2D eigenvalue weighted by Gasteiger charge is -2.39. The highest BCUT2D eigenvalue weighted by atomic mass is 16.5. The summed E-state index contributed by atoms with van der Waals surface area (Å²) in [6.45, 7) is 1.85. The minimum atomic E-state index is -1.11. The van der Waals surface area contributed by atoms with Gasteiger partial charge in [-0.05, 0) is 25.5 Å². The number of methoxy groups -OCH3 is 1. The number of para-hydroxylation sites is 1. The fraction of sp³-hybridized carbons (Fsp3) is 0.438. The van der Waals surface area contributed by atoms with Gasteiger partial charge in [0.15, 0.2) is 11.8 Å². The molecule has 1 aliphatic heterocycles. The van der Waals surface area contributed by atoms with Gasteiger partial charge in [-0.3, -0.25) is 4.79 Å². The minimum absolute atomic E-state index is 0.145. The van der Waals surface area contributed by atoms with Crippen molar-refractivity contribution in [2.45, 2.75) is 31.8 Å². The molecule has 2 atom stereocenters. The van der Waals surface area contributed by atoms with Crippen molar-refractivity contribution in [1.29, 1.82) is 0 Å². The van der Waals surface area contributed by atoms with Gasteiger partial charge in [0.25, 0.3) is 0 Å². The Bertz CT molecular complexity index is 557. The number of esters is 2. The Hall–Kier alpha value is -2.37. The molecule has 6 nitrogen and oxygen atoms in total. The topological polar surface area (TPSA) is 72.9 Å². The lowest BCUT2D eigenvalue weighted by atomic mass is 9.93. The number of ether oxygens (including phenoxy) is 2. The molecular formula is C16H19NO5. The van der Waals surface area contributed by atoms with Crippen LogP contribution in [-0.4, -0.2) is 43.5 Å². The van der Waals surface area contributed by atoms with E-state index in [1.807, 2.05) is 6.07 Å². The van der Waals surface area contributed by atoms with Crippen molar-refractivity contribution < 1.29 is 23.9 Å². The van der Waals surface area contributed by atoms with Gasteiger partial charge in [0.1, 0.15) is 6.04 Å². The van der Waals surface area contributed by atoms with Gasteiger partial charge in [-0.2, -0.15) is 0 Å². The number of carbonyl (C=O) groups is 3. The average Bonchev–Trinajstić information content (AvgIpc) is 2.54. The van der Waals surface area contributed by atoms with Gasteiger partial charge in [-0.15, -0.1) is 0 Å². The normalized spacial score (nSPS) is 21.4. The van der Waals surface area contributed by atoms with Gasteiger partial charge in [0.05, 0.1) is 13.7 Å². The van der Waals surface area contributed by atoms with Gasteiger partial charge >= 0.3 is 11.9 Å². The number of anilines is 1. The Morgan fingerprint density at radius 1 is 1.23 bits per heavy atom. The van der Waals surface area contributed by atoms with Crippen LogP contribution < -0.4 is 4.90 Å². The van der Waals surface area contributed by atoms with Crippen molar-refractivity contribution in [2.75, 3.05) is 18.6 Å². The summed E-state index contributed by atoms with van der Waals surface area (Å²) >= 11 is 0. The smallest absolute Gasteiger partial charge is 0.336 e. The van der Waals surface area contributed by atoms with E-state index in [1.54, 1.807) is 31.2 Å². The molecule has 22 heavy (non-hydrogen) atoms. The van der Waals surface area contributed by atoms with Crippen LogP contribution in [0.5, 0.6) is 0 Å². The van der Waals surface area contributed by atoms with Crippen LogP contribution in [0.2, 0.25) is 0 Å². The van der Waals surface area contributed by atoms with Crippen LogP contribution in [0.25, 0.3) is 0 Å². The molecule has 0 aliphatic carbocycles. The highest BCUT2D eigenvalue weighted by molar-refractivity contribution is 6.08. The van der Waals surface area contributed by atoms with Crippen molar-refractivity contribution in [1.82, 2.24) is 0 Å². The van der Waals surface area contributed by atoms with Crippen LogP contribution in [0.15, 0.2) is 30.3 Å². The first-order valence-corrected chi connectivity index (χ1v) is 7.20. The highest BCUT2D eigenvalue weighted by Gasteiger charge is 2.45. The molecule has 0 spiro atoms. The molecular weight excluding hydrogens is 286 g/mol. The van der Waals surface area contributed by atoms with Crippen molar-refractivity contribution in [3.63, 3.8) is 0 Å². The Morgan fingerprint density at radius 3 is 2.50 bits per heavy atom. The van der Waals surface area contributed by atoms with Crippen molar-refractivity contribution in [3.8, 4) is 0 Å². The summed E-state index contributed by atoms with van der Waals surface area (Å²) in [4.78, 5) is 38.0. The van der Waals surface area contributed by atoms with Gasteiger partial charge in [0.2, 0.25) is 0 Å². The molecule has 0 radical (unpaired) electrons. The maximum absolute atomic E-state index is 12.3. The summed E-state index contributed by atoms with van der Waals surface area (Å²) in [7, 11) is 1.29. The molecule has 1 heterocycles. The van der Waals surface area contributed by atoms with E-state index in [2.05, 4.69) is 0 Å². The Labute approximate surface area is 129 Å². The van der Waals surface area contributed by atoms with E-state index >= 15 is 0 Å². The molecule has 1 saturated heterocycles. The van der Waals surface area contributed by atoms with Crippen LogP contribution in [-0.2, 0) is 23.9 Å². The molecule has 2 rings (SSSR count). The fourth-order valence-corrected chi connectivity index (χ4v) is 2.65. The second-order valence-corrected chi connectivity index (χ2v) is 4.94. The molecule has 0 amide bonds. The Morgan fingerprint density at radius 2 is 1.91 bits per heavy atom. The van der Waals surface area contributed by atoms with Gasteiger partial charge in [-0.25, -0.2) is 9.59 Å². The molecule has 1 fully saturated rings. The number of hydrogen-bond donors (Lipinski definition) is 0. The molecule has 0 N–H and O–H groups in total. The van der Waals surface area contributed by atoms with E-state index in [0.717, 1.165) is 0 Å². The molecule has 0 bridgehead atoms. The SMILES string of the molecule is CCOC(=O)C1C(=O)CCC(C(=O)OC)N1c1ccccc1. The maximum atomic E-state index is 12.3. The summed E-state index contributed by atoms with van der Waals surface area (Å²) in [5.74, 6) is -1.35. The zero-order valence-corrected chi connectivity index (χ0v) is 12.7. The molecule has 118 valence electrons. The monoisotopic (exact) mass is 305 g/mol. The van der Waals surface area contributed by atoms with Gasteiger partial charge in [-0.1, -0.05) is 18.2 Å². The Kier molecular flexibility index (Phi) is 5.14. The summed E-state index contributed by atoms with van der Waals surface area (Å²) in [6.07, 6.45) is 0.461. The van der Waals surface area contributed by atoms with Crippen LogP contribution in [0, 0.1) is 0 Å². The largest absolute Gasteiger partial charge is 0.467 e. The van der Waals surface area contributed by atoms with E-state index in [4.69, 9.17) is 9.47 Å². The summed E-state index contributed by atoms with van der Waals surface area (Å²) in [5.41, 5.74) is 0.615. The van der Waals surface area contributed by atoms with E-state index in [9.17, 15) is 14.4 Å². The third-order valence-electron chi connectivity index (χ3n) is 3.62. The van der Waals surface area contributed by atoms with Crippen molar-refractivity contribution in [2.24, 2.45) is 0 Å². The quantitative estimate of drug-likeness (QED) is 0.617. The summed E-state index contributed by atoms with van der Waals surface area (Å²) in [5, 5.41) is 0. The third kappa shape index (κ3) is 3.10. The summed E-state index contributed by atoms with van der Waals surface area (Å²) < 4.78 is 9.83. The zero-order valence-electron chi connectivity index (χ0n) is 12.7. The number of nitrogens with zero attached hydrogens (tertiary/aromatic N) is 1. The molecule has 1 aromatic rings. The average molecular weight is 305 g/mol. The van der Waals surface area contributed by atoms with Crippen molar-refractivity contribution >= 4 is 23.4 Å². The van der Waals surface area contributed by atoms with Gasteiger partial charge in [0, 0.05) is 12.1 Å². The lowest BCUT2D eigenvalue weighted by Crippen LogP contribution is -2.58. The van der Waals surface area contributed by atoms with E-state index in [-0.39, 0.29) is 18.8 Å². The molecule has 2 unspecified atom stereocenters. The van der Waals surface area contributed by atoms with Crippen LogP contribution in [0.1, 0.15) is 19.8 Å². The van der Waals surface area contributed by atoms with Crippen molar-refractivity contribution in [3.05, 3.63) is 30.3 Å². The predicted molar refractivity (Wildman–Crippen MR) is 79.4 cm³/mol. The number of benzene rings is 1. The zero-order chi connectivity index (χ0) is 16.1. The molecule has 0 saturated carbocycles. The van der Waals surface area contributed by atoms with E-state index in [0.29, 0.717) is 12.1 Å². The summed E-state index contributed by atoms with van der Waals surface area (Å²) in [6, 6.07) is 7.10. The molecule has 1 aromatic carbocycles. The number of rotatable bonds is 4. The van der Waals surface area contributed by atoms with Crippen LogP contribution in [0.3, 0.4) is 0 Å². The number of ketones is 1. The highest BCUT2D eigenvalue weighted by Crippen LogP contribution is 2.29. The second kappa shape index (κ2) is 7.06. The predicted octanol–water partition coefficient (Wildman–Crippen LogP) is 1.33. The lowest BCUT2D eigenvalue weighted by molar-refractivity contribution is -0.150. The van der Waals surface area contributed by atoms with Crippen LogP contribution >= 0.6 is 0 Å². The second-order valence-electron chi connectivity index (χ2n) is 4.94. The third-order valence-corrected chi connectivity index (χ3v) is 3.62. The minimum Gasteiger partial charge on any atom is -0.467 e.